The summed E-state index contributed by atoms with van der Waals surface area (Å²) in [6, 6.07) is 5.68. The van der Waals surface area contributed by atoms with Crippen molar-refractivity contribution in [2.45, 2.75) is 40.5 Å². The summed E-state index contributed by atoms with van der Waals surface area (Å²) in [7, 11) is 0. The molecule has 1 aromatic rings. The van der Waals surface area contributed by atoms with Gasteiger partial charge in [0.2, 0.25) is 5.91 Å². The van der Waals surface area contributed by atoms with Gasteiger partial charge in [0.15, 0.2) is 0 Å². The minimum atomic E-state index is -0.368. The lowest BCUT2D eigenvalue weighted by molar-refractivity contribution is -0.124. The molecule has 0 unspecified atom stereocenters. The molecule has 0 radical (unpaired) electrons. The lowest BCUT2D eigenvalue weighted by Gasteiger charge is -2.21. The van der Waals surface area contributed by atoms with Gasteiger partial charge in [-0.3, -0.25) is 4.79 Å². The van der Waals surface area contributed by atoms with Crippen LogP contribution in [-0.4, -0.2) is 17.6 Å². The average molecular weight is 273 g/mol. The number of hydrogen-bond donors (Lipinski definition) is 2. The predicted molar refractivity (Wildman–Crippen MR) is 82.5 cm³/mol. The van der Waals surface area contributed by atoms with Crippen LogP contribution in [0.3, 0.4) is 0 Å². The van der Waals surface area contributed by atoms with E-state index >= 15 is 0 Å². The van der Waals surface area contributed by atoms with Crippen LogP contribution in [0, 0.1) is 24.2 Å². The van der Waals surface area contributed by atoms with E-state index in [1.54, 1.807) is 0 Å². The fraction of sp³-hybridized carbons (Fsp3) is 0.471. The van der Waals surface area contributed by atoms with Gasteiger partial charge in [0.05, 0.1) is 6.61 Å². The van der Waals surface area contributed by atoms with Crippen molar-refractivity contribution in [2.75, 3.05) is 11.9 Å². The minimum Gasteiger partial charge on any atom is -0.395 e. The molecule has 3 heteroatoms. The van der Waals surface area contributed by atoms with Gasteiger partial charge >= 0.3 is 0 Å². The van der Waals surface area contributed by atoms with Crippen molar-refractivity contribution in [3.8, 4) is 11.8 Å². The number of benzene rings is 1. The van der Waals surface area contributed by atoms with Crippen LogP contribution >= 0.6 is 0 Å². The van der Waals surface area contributed by atoms with Gasteiger partial charge in [0.25, 0.3) is 0 Å². The van der Waals surface area contributed by atoms with E-state index in [4.69, 9.17) is 5.11 Å². The van der Waals surface area contributed by atoms with Crippen molar-refractivity contribution in [3.05, 3.63) is 29.3 Å². The van der Waals surface area contributed by atoms with E-state index in [-0.39, 0.29) is 17.9 Å². The van der Waals surface area contributed by atoms with E-state index in [2.05, 4.69) is 17.2 Å². The first-order valence-electron chi connectivity index (χ1n) is 6.92. The molecule has 0 aliphatic heterocycles. The Kier molecular flexibility index (Phi) is 5.79. The third kappa shape index (κ3) is 4.40. The molecule has 0 aromatic heterocycles. The van der Waals surface area contributed by atoms with Gasteiger partial charge in [-0.05, 0) is 37.1 Å². The number of aliphatic hydroxyl groups excluding tert-OH is 1. The Morgan fingerprint density at radius 1 is 1.40 bits per heavy atom. The largest absolute Gasteiger partial charge is 0.395 e. The maximum Gasteiger partial charge on any atom is 0.230 e. The molecule has 20 heavy (non-hydrogen) atoms. The van der Waals surface area contributed by atoms with Crippen LogP contribution in [0.2, 0.25) is 0 Å². The van der Waals surface area contributed by atoms with E-state index in [0.29, 0.717) is 6.42 Å². The first kappa shape index (κ1) is 16.3. The van der Waals surface area contributed by atoms with Gasteiger partial charge in [-0.1, -0.05) is 32.6 Å². The maximum atomic E-state index is 12.1. The number of carbonyl (C=O) groups excluding carboxylic acids is 1. The van der Waals surface area contributed by atoms with E-state index in [1.807, 2.05) is 45.9 Å². The van der Waals surface area contributed by atoms with Crippen molar-refractivity contribution >= 4 is 11.6 Å². The zero-order valence-electron chi connectivity index (χ0n) is 12.7. The van der Waals surface area contributed by atoms with Crippen LogP contribution in [-0.2, 0) is 4.79 Å². The van der Waals surface area contributed by atoms with Crippen LogP contribution in [0.4, 0.5) is 5.69 Å². The van der Waals surface area contributed by atoms with Gasteiger partial charge in [0.1, 0.15) is 0 Å². The SMILES string of the molecule is CCC(C)(C)C(=O)Nc1ccc(C#CCCO)c(C)c1. The first-order valence-corrected chi connectivity index (χ1v) is 6.92. The highest BCUT2D eigenvalue weighted by Crippen LogP contribution is 2.23. The normalized spacial score (nSPS) is 10.7. The van der Waals surface area contributed by atoms with Crippen LogP contribution in [0.15, 0.2) is 18.2 Å². The third-order valence-corrected chi connectivity index (χ3v) is 3.44. The summed E-state index contributed by atoms with van der Waals surface area (Å²) in [5.41, 5.74) is 2.36. The Balaban J connectivity index is 2.84. The number of carbonyl (C=O) groups is 1. The zero-order valence-corrected chi connectivity index (χ0v) is 12.7. The molecule has 1 amide bonds. The fourth-order valence-corrected chi connectivity index (χ4v) is 1.56. The Labute approximate surface area is 121 Å². The van der Waals surface area contributed by atoms with Gasteiger partial charge in [0, 0.05) is 23.1 Å². The topological polar surface area (TPSA) is 49.3 Å². The molecule has 0 aliphatic rings. The summed E-state index contributed by atoms with van der Waals surface area (Å²) in [5.74, 6) is 5.94. The number of aryl methyl sites for hydroxylation is 1. The van der Waals surface area contributed by atoms with E-state index in [1.165, 1.54) is 0 Å². The molecule has 0 spiro atoms. The number of hydrogen-bond acceptors (Lipinski definition) is 2. The van der Waals surface area contributed by atoms with Crippen molar-refractivity contribution in [3.63, 3.8) is 0 Å². The standard InChI is InChI=1S/C17H23NO2/c1-5-17(3,4)16(20)18-15-10-9-14(13(2)12-15)8-6-7-11-19/h9-10,12,19H,5,7,11H2,1-4H3,(H,18,20). The Morgan fingerprint density at radius 2 is 2.10 bits per heavy atom. The number of anilines is 1. The number of aliphatic hydroxyl groups is 1. The van der Waals surface area contributed by atoms with Crippen LogP contribution < -0.4 is 5.32 Å². The summed E-state index contributed by atoms with van der Waals surface area (Å²) in [4.78, 5) is 12.1. The Morgan fingerprint density at radius 3 is 2.65 bits per heavy atom. The van der Waals surface area contributed by atoms with Gasteiger partial charge in [-0.15, -0.1) is 0 Å². The molecule has 0 aliphatic carbocycles. The third-order valence-electron chi connectivity index (χ3n) is 3.44. The van der Waals surface area contributed by atoms with Gasteiger partial charge in [-0.25, -0.2) is 0 Å². The smallest absolute Gasteiger partial charge is 0.230 e. The molecular weight excluding hydrogens is 250 g/mol. The number of rotatable bonds is 4. The van der Waals surface area contributed by atoms with Gasteiger partial charge in [-0.2, -0.15) is 0 Å². The van der Waals surface area contributed by atoms with E-state index < -0.39 is 0 Å². The highest BCUT2D eigenvalue weighted by molar-refractivity contribution is 5.94. The lowest BCUT2D eigenvalue weighted by Crippen LogP contribution is -2.30. The highest BCUT2D eigenvalue weighted by Gasteiger charge is 2.25. The molecule has 1 rings (SSSR count). The zero-order chi connectivity index (χ0) is 15.2. The molecule has 108 valence electrons. The predicted octanol–water partition coefficient (Wildman–Crippen LogP) is 3.10. The molecule has 0 saturated heterocycles. The Hall–Kier alpha value is -1.79. The van der Waals surface area contributed by atoms with Crippen molar-refractivity contribution in [2.24, 2.45) is 5.41 Å². The fourth-order valence-electron chi connectivity index (χ4n) is 1.56. The van der Waals surface area contributed by atoms with Crippen molar-refractivity contribution < 1.29 is 9.90 Å². The van der Waals surface area contributed by atoms with Crippen molar-refractivity contribution in [1.29, 1.82) is 0 Å². The number of amides is 1. The van der Waals surface area contributed by atoms with E-state index in [0.717, 1.165) is 23.2 Å². The lowest BCUT2D eigenvalue weighted by atomic mass is 9.89. The molecule has 0 fully saturated rings. The second-order valence-corrected chi connectivity index (χ2v) is 5.50. The molecule has 0 bridgehead atoms. The highest BCUT2D eigenvalue weighted by atomic mass is 16.2. The minimum absolute atomic E-state index is 0.0264. The van der Waals surface area contributed by atoms with Crippen LogP contribution in [0.1, 0.15) is 44.7 Å². The molecular formula is C17H23NO2. The summed E-state index contributed by atoms with van der Waals surface area (Å²) >= 11 is 0. The first-order chi connectivity index (χ1) is 9.40. The second-order valence-electron chi connectivity index (χ2n) is 5.50. The monoisotopic (exact) mass is 273 g/mol. The van der Waals surface area contributed by atoms with Crippen molar-refractivity contribution in [1.82, 2.24) is 0 Å². The quantitative estimate of drug-likeness (QED) is 0.828. The molecule has 0 heterocycles. The molecule has 0 saturated carbocycles. The molecule has 2 N–H and O–H groups in total. The van der Waals surface area contributed by atoms with E-state index in [9.17, 15) is 4.79 Å². The number of nitrogens with one attached hydrogen (secondary N) is 1. The molecule has 1 aromatic carbocycles. The summed E-state index contributed by atoms with van der Waals surface area (Å²) in [6.45, 7) is 7.91. The summed E-state index contributed by atoms with van der Waals surface area (Å²) in [5, 5.41) is 11.6. The summed E-state index contributed by atoms with van der Waals surface area (Å²) < 4.78 is 0. The molecule has 3 nitrogen and oxygen atoms in total. The molecule has 0 atom stereocenters. The average Bonchev–Trinajstić information content (AvgIpc) is 2.41. The Bertz CT molecular complexity index is 536. The van der Waals surface area contributed by atoms with Gasteiger partial charge < -0.3 is 10.4 Å². The second kappa shape index (κ2) is 7.12. The summed E-state index contributed by atoms with van der Waals surface area (Å²) in [6.07, 6.45) is 1.27. The van der Waals surface area contributed by atoms with Crippen LogP contribution in [0.25, 0.3) is 0 Å². The maximum absolute atomic E-state index is 12.1. The van der Waals surface area contributed by atoms with Crippen LogP contribution in [0.5, 0.6) is 0 Å².